The number of hydrogen-bond donors (Lipinski definition) is 4. The smallest absolute Gasteiger partial charge is 0.406 e. The largest absolute Gasteiger partial charge is 0.573 e. The quantitative estimate of drug-likeness (QED) is 0.374. The minimum Gasteiger partial charge on any atom is -0.406 e. The van der Waals surface area contributed by atoms with Crippen molar-refractivity contribution < 1.29 is 41.7 Å². The molecule has 39 heavy (non-hydrogen) atoms. The number of aliphatic hydroxyl groups excluding tert-OH is 1. The molecule has 2 atom stereocenters. The summed E-state index contributed by atoms with van der Waals surface area (Å²) in [5.74, 6) is -1.68. The van der Waals surface area contributed by atoms with Gasteiger partial charge in [-0.3, -0.25) is 23.6 Å². The van der Waals surface area contributed by atoms with Gasteiger partial charge in [-0.25, -0.2) is 0 Å². The van der Waals surface area contributed by atoms with Crippen molar-refractivity contribution >= 4 is 28.1 Å². The summed E-state index contributed by atoms with van der Waals surface area (Å²) in [7, 11) is -3.28. The predicted octanol–water partition coefficient (Wildman–Crippen LogP) is 4.23. The van der Waals surface area contributed by atoms with E-state index in [0.717, 1.165) is 0 Å². The Bertz CT molecular complexity index is 1230. The van der Waals surface area contributed by atoms with Crippen LogP contribution >= 0.6 is 10.6 Å². The second kappa shape index (κ2) is 11.3. The number of alkyl halides is 3. The third-order valence-electron chi connectivity index (χ3n) is 6.69. The highest BCUT2D eigenvalue weighted by Gasteiger charge is 2.35. The Hall–Kier alpha value is -2.84. The maximum Gasteiger partial charge on any atom is 0.573 e. The van der Waals surface area contributed by atoms with E-state index in [9.17, 15) is 37.0 Å². The fraction of sp³-hybridized carbons (Fsp3) is 0.462. The van der Waals surface area contributed by atoms with Crippen molar-refractivity contribution in [2.45, 2.75) is 56.1 Å². The second-order valence-corrected chi connectivity index (χ2v) is 12.2. The molecule has 0 spiro atoms. The molecule has 2 aliphatic rings. The number of fused-ring (bicyclic) bond motifs is 1. The number of β-amino-alcohol motifs (C(OH)–C–C–N with tert-alkyl or cyclic N) is 1. The molecule has 0 radical (unpaired) electrons. The van der Waals surface area contributed by atoms with Gasteiger partial charge in [0.25, 0.3) is 0 Å². The number of rotatable bonds is 8. The normalized spacial score (nSPS) is 20.7. The van der Waals surface area contributed by atoms with Crippen molar-refractivity contribution in [2.24, 2.45) is 0 Å². The minimum atomic E-state index is -4.87. The average molecular weight is 572 g/mol. The van der Waals surface area contributed by atoms with Crippen LogP contribution < -0.4 is 10.1 Å². The van der Waals surface area contributed by atoms with Gasteiger partial charge in [0, 0.05) is 25.7 Å². The van der Waals surface area contributed by atoms with Crippen molar-refractivity contribution in [1.29, 1.82) is 0 Å². The Morgan fingerprint density at radius 3 is 2.62 bits per heavy atom. The van der Waals surface area contributed by atoms with Gasteiger partial charge in [-0.2, -0.15) is 10.6 Å². The second-order valence-electron chi connectivity index (χ2n) is 10.1. The summed E-state index contributed by atoms with van der Waals surface area (Å²) in [6.07, 6.45) is -4.94. The molecule has 214 valence electrons. The van der Waals surface area contributed by atoms with Crippen LogP contribution in [-0.2, 0) is 16.0 Å². The lowest BCUT2D eigenvalue weighted by Gasteiger charge is -2.38. The zero-order valence-corrected chi connectivity index (χ0v) is 22.3. The van der Waals surface area contributed by atoms with Crippen molar-refractivity contribution in [3.05, 3.63) is 53.6 Å². The molecule has 13 heteroatoms. The molecule has 9 nitrogen and oxygen atoms in total. The van der Waals surface area contributed by atoms with E-state index in [1.807, 2.05) is 18.7 Å². The molecular weight excluding hydrogens is 539 g/mol. The number of nitrogens with one attached hydrogen (secondary N) is 1. The van der Waals surface area contributed by atoms with E-state index in [1.165, 1.54) is 30.3 Å². The molecule has 0 saturated carbocycles. The lowest BCUT2D eigenvalue weighted by Crippen LogP contribution is -2.45. The molecule has 2 heterocycles. The van der Waals surface area contributed by atoms with E-state index in [2.05, 4.69) is 10.1 Å². The number of ether oxygens (including phenoxy) is 1. The summed E-state index contributed by atoms with van der Waals surface area (Å²) in [5.41, 5.74) is 1.20. The Kier molecular flexibility index (Phi) is 8.47. The SMILES string of the molecule is CC(C)N(C(=O)Cc1ccc2c(c1)NC(=O)CS2(O)O)[C@H](CN1CC[C@H](O)C1)c1cccc(OC(F)(F)F)c1. The molecule has 4 rings (SSSR count). The average Bonchev–Trinajstić information content (AvgIpc) is 3.21. The van der Waals surface area contributed by atoms with Crippen LogP contribution in [-0.4, -0.2) is 79.7 Å². The van der Waals surface area contributed by atoms with Crippen molar-refractivity contribution in [3.63, 3.8) is 0 Å². The Morgan fingerprint density at radius 2 is 1.97 bits per heavy atom. The number of carbonyl (C=O) groups is 2. The summed E-state index contributed by atoms with van der Waals surface area (Å²) in [4.78, 5) is 29.4. The van der Waals surface area contributed by atoms with E-state index in [1.54, 1.807) is 17.0 Å². The highest BCUT2D eigenvalue weighted by atomic mass is 32.3. The van der Waals surface area contributed by atoms with Gasteiger partial charge in [-0.05, 0) is 55.7 Å². The van der Waals surface area contributed by atoms with Crippen LogP contribution in [0.4, 0.5) is 18.9 Å². The Morgan fingerprint density at radius 1 is 1.23 bits per heavy atom. The molecule has 0 aromatic heterocycles. The van der Waals surface area contributed by atoms with Crippen LogP contribution in [0.2, 0.25) is 0 Å². The molecule has 1 fully saturated rings. The highest BCUT2D eigenvalue weighted by molar-refractivity contribution is 8.25. The number of amides is 2. The van der Waals surface area contributed by atoms with Crippen LogP contribution in [0.5, 0.6) is 5.75 Å². The lowest BCUT2D eigenvalue weighted by atomic mass is 10.0. The van der Waals surface area contributed by atoms with Crippen molar-refractivity contribution in [1.82, 2.24) is 9.80 Å². The Labute approximate surface area is 225 Å². The molecule has 0 bridgehead atoms. The number of anilines is 1. The Balaban J connectivity index is 1.64. The first-order valence-electron chi connectivity index (χ1n) is 12.5. The summed E-state index contributed by atoms with van der Waals surface area (Å²) in [5, 5.41) is 12.6. The number of hydrogen-bond acceptors (Lipinski definition) is 7. The van der Waals surface area contributed by atoms with Gasteiger partial charge in [0.05, 0.1) is 29.1 Å². The number of aliphatic hydroxyl groups is 1. The summed E-state index contributed by atoms with van der Waals surface area (Å²) < 4.78 is 63.4. The van der Waals surface area contributed by atoms with Gasteiger partial charge in [0.15, 0.2) is 0 Å². The number of likely N-dealkylation sites (tertiary alicyclic amines) is 1. The van der Waals surface area contributed by atoms with Gasteiger partial charge in [-0.15, -0.1) is 13.2 Å². The first-order chi connectivity index (χ1) is 18.2. The lowest BCUT2D eigenvalue weighted by molar-refractivity contribution is -0.274. The van der Waals surface area contributed by atoms with Gasteiger partial charge in [0.2, 0.25) is 11.8 Å². The molecule has 2 aliphatic heterocycles. The van der Waals surface area contributed by atoms with Crippen LogP contribution in [0.25, 0.3) is 0 Å². The predicted molar refractivity (Wildman–Crippen MR) is 140 cm³/mol. The van der Waals surface area contributed by atoms with Crippen LogP contribution in [0, 0.1) is 0 Å². The minimum absolute atomic E-state index is 0.0988. The summed E-state index contributed by atoms with van der Waals surface area (Å²) >= 11 is 0. The van der Waals surface area contributed by atoms with E-state index in [0.29, 0.717) is 30.6 Å². The summed E-state index contributed by atoms with van der Waals surface area (Å²) in [6.45, 7) is 4.86. The molecule has 0 aliphatic carbocycles. The van der Waals surface area contributed by atoms with Gasteiger partial charge < -0.3 is 20.1 Å². The van der Waals surface area contributed by atoms with Crippen LogP contribution in [0.15, 0.2) is 47.4 Å². The fourth-order valence-electron chi connectivity index (χ4n) is 5.10. The van der Waals surface area contributed by atoms with E-state index < -0.39 is 46.5 Å². The molecule has 2 aromatic rings. The highest BCUT2D eigenvalue weighted by Crippen LogP contribution is 2.53. The fourth-order valence-corrected chi connectivity index (χ4v) is 6.44. The van der Waals surface area contributed by atoms with Gasteiger partial charge in [0.1, 0.15) is 11.5 Å². The zero-order chi connectivity index (χ0) is 28.5. The molecule has 0 unspecified atom stereocenters. The van der Waals surface area contributed by atoms with Crippen molar-refractivity contribution in [2.75, 3.05) is 30.7 Å². The zero-order valence-electron chi connectivity index (χ0n) is 21.5. The van der Waals surface area contributed by atoms with Crippen molar-refractivity contribution in [3.8, 4) is 5.75 Å². The summed E-state index contributed by atoms with van der Waals surface area (Å²) in [6, 6.07) is 9.15. The molecule has 2 amide bonds. The van der Waals surface area contributed by atoms with Gasteiger partial charge in [-0.1, -0.05) is 18.2 Å². The third-order valence-corrected chi connectivity index (χ3v) is 8.42. The van der Waals surface area contributed by atoms with E-state index in [-0.39, 0.29) is 35.5 Å². The number of halogens is 3. The van der Waals surface area contributed by atoms with Crippen LogP contribution in [0.1, 0.15) is 37.4 Å². The number of benzene rings is 2. The molecule has 4 N–H and O–H groups in total. The van der Waals surface area contributed by atoms with E-state index in [4.69, 9.17) is 0 Å². The first kappa shape index (κ1) is 29.2. The van der Waals surface area contributed by atoms with Gasteiger partial charge >= 0.3 is 6.36 Å². The topological polar surface area (TPSA) is 123 Å². The number of nitrogens with zero attached hydrogens (tertiary/aromatic N) is 2. The molecular formula is C26H32F3N3O6S. The maximum absolute atomic E-state index is 13.7. The molecule has 2 aromatic carbocycles. The third kappa shape index (κ3) is 7.22. The number of carbonyl (C=O) groups excluding carboxylic acids is 2. The maximum atomic E-state index is 13.7. The van der Waals surface area contributed by atoms with Crippen LogP contribution in [0.3, 0.4) is 0 Å². The molecule has 1 saturated heterocycles. The standard InChI is InChI=1S/C26H32F3N3O6S/c1-16(2)32(25(35)11-17-6-7-23-21(10-17)30-24(34)15-39(23,36)37)22(14-31-9-8-19(33)13-31)18-4-3-5-20(12-18)38-26(27,28)29/h3-7,10,12,16,19,22,33,36-37H,8-9,11,13-15H2,1-2H3,(H,30,34)/t19-,22+/m0/s1. The first-order valence-corrected chi connectivity index (χ1v) is 14.2. The monoisotopic (exact) mass is 571 g/mol. The van der Waals surface area contributed by atoms with E-state index >= 15 is 0 Å².